The van der Waals surface area contributed by atoms with E-state index in [1.807, 2.05) is 0 Å². The van der Waals surface area contributed by atoms with Crippen molar-refractivity contribution in [2.24, 2.45) is 0 Å². The van der Waals surface area contributed by atoms with Crippen LogP contribution in [-0.4, -0.2) is 65.1 Å². The van der Waals surface area contributed by atoms with Crippen LogP contribution in [0.2, 0.25) is 0 Å². The zero-order chi connectivity index (χ0) is 24.0. The van der Waals surface area contributed by atoms with Gasteiger partial charge in [0.2, 0.25) is 5.95 Å². The van der Waals surface area contributed by atoms with Gasteiger partial charge in [-0.25, -0.2) is 9.97 Å². The van der Waals surface area contributed by atoms with E-state index in [-0.39, 0.29) is 17.3 Å². The molecule has 34 heavy (non-hydrogen) atoms. The zero-order valence-electron chi connectivity index (χ0n) is 19.1. The smallest absolute Gasteiger partial charge is 0.363 e. The van der Waals surface area contributed by atoms with Crippen molar-refractivity contribution in [1.29, 1.82) is 0 Å². The Hall–Kier alpha value is -2.73. The van der Waals surface area contributed by atoms with Gasteiger partial charge in [-0.2, -0.15) is 18.2 Å². The molecular formula is C22H26F3N7OS. The van der Waals surface area contributed by atoms with Gasteiger partial charge in [0, 0.05) is 51.2 Å². The fourth-order valence-electron chi connectivity index (χ4n) is 4.54. The van der Waals surface area contributed by atoms with Crippen LogP contribution < -0.4 is 15.4 Å². The molecule has 2 aliphatic rings. The van der Waals surface area contributed by atoms with E-state index in [0.29, 0.717) is 38.5 Å². The number of anilines is 2. The summed E-state index contributed by atoms with van der Waals surface area (Å²) in [6.45, 7) is 2.63. The zero-order valence-corrected chi connectivity index (χ0v) is 19.9. The van der Waals surface area contributed by atoms with E-state index >= 15 is 0 Å². The summed E-state index contributed by atoms with van der Waals surface area (Å²) in [5, 5.41) is 0.742. The van der Waals surface area contributed by atoms with Crippen LogP contribution >= 0.6 is 11.3 Å². The van der Waals surface area contributed by atoms with E-state index in [0.717, 1.165) is 42.0 Å². The summed E-state index contributed by atoms with van der Waals surface area (Å²) < 4.78 is 40.0. The number of thiophene rings is 1. The number of nitrogens with one attached hydrogen (secondary N) is 1. The monoisotopic (exact) mass is 493 g/mol. The molecule has 0 saturated carbocycles. The molecule has 0 bridgehead atoms. The van der Waals surface area contributed by atoms with E-state index in [2.05, 4.69) is 19.9 Å². The van der Waals surface area contributed by atoms with Gasteiger partial charge in [-0.15, -0.1) is 11.3 Å². The number of fused-ring (bicyclic) bond motifs is 3. The minimum atomic E-state index is -4.54. The van der Waals surface area contributed by atoms with E-state index < -0.39 is 11.9 Å². The summed E-state index contributed by atoms with van der Waals surface area (Å²) in [6, 6.07) is 0.959. The molecule has 12 heteroatoms. The first kappa shape index (κ1) is 23.0. The third-order valence-corrected chi connectivity index (χ3v) is 7.54. The van der Waals surface area contributed by atoms with E-state index in [1.165, 1.54) is 15.3 Å². The number of hydrogen-bond acceptors (Lipinski definition) is 8. The Morgan fingerprint density at radius 2 is 1.82 bits per heavy atom. The Bertz CT molecular complexity index is 1260. The number of nitrogens with zero attached hydrogens (tertiary/aromatic N) is 6. The SMILES string of the molecule is CN(C)c1cc(C(F)(F)F)nc(N2CCN(Cc3nc4sc5c(c4c(=O)[nH]3)CCCC5)CC2)n1. The summed E-state index contributed by atoms with van der Waals surface area (Å²) >= 11 is 1.62. The van der Waals surface area contributed by atoms with Crippen molar-refractivity contribution in [2.45, 2.75) is 38.4 Å². The molecule has 3 aromatic heterocycles. The van der Waals surface area contributed by atoms with Gasteiger partial charge >= 0.3 is 6.18 Å². The first-order chi connectivity index (χ1) is 16.2. The van der Waals surface area contributed by atoms with Crippen molar-refractivity contribution >= 4 is 33.3 Å². The fraction of sp³-hybridized carbons (Fsp3) is 0.545. The molecule has 182 valence electrons. The number of piperazine rings is 1. The lowest BCUT2D eigenvalue weighted by Crippen LogP contribution is -2.47. The highest BCUT2D eigenvalue weighted by molar-refractivity contribution is 7.18. The predicted octanol–water partition coefficient (Wildman–Crippen LogP) is 3.06. The Kier molecular flexibility index (Phi) is 5.96. The molecular weight excluding hydrogens is 467 g/mol. The second kappa shape index (κ2) is 8.81. The first-order valence-corrected chi connectivity index (χ1v) is 12.1. The second-order valence-electron chi connectivity index (χ2n) is 8.97. The van der Waals surface area contributed by atoms with E-state index in [9.17, 15) is 18.0 Å². The lowest BCUT2D eigenvalue weighted by molar-refractivity contribution is -0.141. The molecule has 0 spiro atoms. The van der Waals surface area contributed by atoms with Gasteiger partial charge in [0.05, 0.1) is 11.9 Å². The number of aryl methyl sites for hydroxylation is 2. The molecule has 4 heterocycles. The summed E-state index contributed by atoms with van der Waals surface area (Å²) in [6.07, 6.45) is -0.327. The van der Waals surface area contributed by atoms with Gasteiger partial charge in [0.1, 0.15) is 16.5 Å². The molecule has 3 aromatic rings. The molecule has 5 rings (SSSR count). The minimum absolute atomic E-state index is 0.0772. The number of H-pyrrole nitrogens is 1. The highest BCUT2D eigenvalue weighted by Crippen LogP contribution is 2.34. The van der Waals surface area contributed by atoms with Crippen LogP contribution in [0.3, 0.4) is 0 Å². The average molecular weight is 494 g/mol. The van der Waals surface area contributed by atoms with Crippen molar-refractivity contribution < 1.29 is 13.2 Å². The number of hydrogen-bond donors (Lipinski definition) is 1. The van der Waals surface area contributed by atoms with Gasteiger partial charge in [0.25, 0.3) is 5.56 Å². The van der Waals surface area contributed by atoms with Crippen LogP contribution in [0.25, 0.3) is 10.2 Å². The molecule has 0 aromatic carbocycles. The summed E-state index contributed by atoms with van der Waals surface area (Å²) in [5.74, 6) is 0.915. The third kappa shape index (κ3) is 4.48. The molecule has 0 unspecified atom stereocenters. The normalized spacial score (nSPS) is 17.3. The van der Waals surface area contributed by atoms with Crippen LogP contribution in [0, 0.1) is 0 Å². The standard InChI is InChI=1S/C22H26F3N7OS/c1-30(2)17-11-15(22(23,24)25)26-21(29-17)32-9-7-31(8-10-32)12-16-27-19(33)18-13-5-3-4-6-14(13)34-20(18)28-16/h11H,3-10,12H2,1-2H3,(H,27,28,33). The maximum absolute atomic E-state index is 13.3. The molecule has 8 nitrogen and oxygen atoms in total. The molecule has 1 fully saturated rings. The Labute approximate surface area is 198 Å². The molecule has 1 aliphatic carbocycles. The van der Waals surface area contributed by atoms with Crippen LogP contribution in [0.1, 0.15) is 34.8 Å². The van der Waals surface area contributed by atoms with Gasteiger partial charge in [-0.05, 0) is 31.2 Å². The molecule has 1 saturated heterocycles. The van der Waals surface area contributed by atoms with Crippen LogP contribution in [-0.2, 0) is 25.6 Å². The predicted molar refractivity (Wildman–Crippen MR) is 126 cm³/mol. The Morgan fingerprint density at radius 3 is 2.53 bits per heavy atom. The lowest BCUT2D eigenvalue weighted by Gasteiger charge is -2.34. The largest absolute Gasteiger partial charge is 0.433 e. The second-order valence-corrected chi connectivity index (χ2v) is 10.1. The lowest BCUT2D eigenvalue weighted by atomic mass is 9.97. The number of aromatic amines is 1. The number of alkyl halides is 3. The van der Waals surface area contributed by atoms with Crippen LogP contribution in [0.15, 0.2) is 10.9 Å². The first-order valence-electron chi connectivity index (χ1n) is 11.3. The van der Waals surface area contributed by atoms with Gasteiger partial charge in [-0.1, -0.05) is 0 Å². The summed E-state index contributed by atoms with van der Waals surface area (Å²) in [4.78, 5) is 36.1. The van der Waals surface area contributed by atoms with Crippen molar-refractivity contribution in [3.05, 3.63) is 38.4 Å². The number of rotatable bonds is 4. The van der Waals surface area contributed by atoms with Gasteiger partial charge < -0.3 is 14.8 Å². The van der Waals surface area contributed by atoms with Crippen molar-refractivity contribution in [2.75, 3.05) is 50.1 Å². The van der Waals surface area contributed by atoms with E-state index in [4.69, 9.17) is 4.98 Å². The van der Waals surface area contributed by atoms with E-state index in [1.54, 1.807) is 30.3 Å². The van der Waals surface area contributed by atoms with Crippen LogP contribution in [0.5, 0.6) is 0 Å². The highest BCUT2D eigenvalue weighted by atomic mass is 32.1. The number of halogens is 3. The Balaban J connectivity index is 1.30. The minimum Gasteiger partial charge on any atom is -0.363 e. The molecule has 1 aliphatic heterocycles. The Morgan fingerprint density at radius 1 is 1.09 bits per heavy atom. The fourth-order valence-corrected chi connectivity index (χ4v) is 5.82. The third-order valence-electron chi connectivity index (χ3n) is 6.35. The van der Waals surface area contributed by atoms with Crippen molar-refractivity contribution in [3.8, 4) is 0 Å². The average Bonchev–Trinajstić information content (AvgIpc) is 3.17. The maximum Gasteiger partial charge on any atom is 0.433 e. The molecule has 0 radical (unpaired) electrons. The quantitative estimate of drug-likeness (QED) is 0.598. The molecule has 0 amide bonds. The van der Waals surface area contributed by atoms with Gasteiger partial charge in [-0.3, -0.25) is 9.69 Å². The van der Waals surface area contributed by atoms with Gasteiger partial charge in [0.15, 0.2) is 5.69 Å². The maximum atomic E-state index is 13.3. The van der Waals surface area contributed by atoms with Crippen molar-refractivity contribution in [1.82, 2.24) is 24.8 Å². The van der Waals surface area contributed by atoms with Crippen LogP contribution in [0.4, 0.5) is 24.9 Å². The topological polar surface area (TPSA) is 81.3 Å². The summed E-state index contributed by atoms with van der Waals surface area (Å²) in [7, 11) is 3.30. The molecule has 0 atom stereocenters. The summed E-state index contributed by atoms with van der Waals surface area (Å²) in [5.41, 5.74) is 0.141. The highest BCUT2D eigenvalue weighted by Gasteiger charge is 2.35. The van der Waals surface area contributed by atoms with Crippen molar-refractivity contribution in [3.63, 3.8) is 0 Å². The molecule has 1 N–H and O–H groups in total. The number of aromatic nitrogens is 4.